The molecule has 4 heteroatoms. The summed E-state index contributed by atoms with van der Waals surface area (Å²) in [7, 11) is 0. The molecule has 1 saturated heterocycles. The molecule has 0 saturated carbocycles. The summed E-state index contributed by atoms with van der Waals surface area (Å²) in [6.45, 7) is 4.02. The van der Waals surface area contributed by atoms with Crippen LogP contribution in [0.4, 0.5) is 0 Å². The molecule has 16 heavy (non-hydrogen) atoms. The van der Waals surface area contributed by atoms with Gasteiger partial charge >= 0.3 is 0 Å². The van der Waals surface area contributed by atoms with Gasteiger partial charge in [0, 0.05) is 30.2 Å². The Bertz CT molecular complexity index is 395. The number of aliphatic hydroxyl groups excluding tert-OH is 1. The van der Waals surface area contributed by atoms with Gasteiger partial charge in [0.15, 0.2) is 0 Å². The van der Waals surface area contributed by atoms with E-state index in [1.165, 1.54) is 0 Å². The first-order chi connectivity index (χ1) is 7.56. The first kappa shape index (κ1) is 11.7. The largest absolute Gasteiger partial charge is 0.507 e. The Labute approximate surface area is 100 Å². The summed E-state index contributed by atoms with van der Waals surface area (Å²) in [4.78, 5) is 2.12. The summed E-state index contributed by atoms with van der Waals surface area (Å²) < 4.78 is 0. The fourth-order valence-electron chi connectivity index (χ4n) is 2.12. The van der Waals surface area contributed by atoms with Crippen LogP contribution in [0.1, 0.15) is 17.5 Å². The third kappa shape index (κ3) is 2.48. The first-order valence-electron chi connectivity index (χ1n) is 5.44. The maximum Gasteiger partial charge on any atom is 0.123 e. The van der Waals surface area contributed by atoms with Crippen LogP contribution in [-0.4, -0.2) is 34.3 Å². The Morgan fingerprint density at radius 3 is 2.88 bits per heavy atom. The summed E-state index contributed by atoms with van der Waals surface area (Å²) >= 11 is 5.96. The van der Waals surface area contributed by atoms with E-state index >= 15 is 0 Å². The third-order valence-electron chi connectivity index (χ3n) is 2.99. The number of hydrogen-bond acceptors (Lipinski definition) is 3. The molecule has 3 nitrogen and oxygen atoms in total. The lowest BCUT2D eigenvalue weighted by molar-refractivity contribution is 0.174. The molecule has 1 aliphatic rings. The molecule has 0 aromatic heterocycles. The molecular formula is C12H16ClNO2. The van der Waals surface area contributed by atoms with Crippen molar-refractivity contribution >= 4 is 11.6 Å². The van der Waals surface area contributed by atoms with Gasteiger partial charge in [-0.25, -0.2) is 0 Å². The molecule has 0 radical (unpaired) electrons. The number of aryl methyl sites for hydroxylation is 1. The lowest BCUT2D eigenvalue weighted by atomic mass is 10.1. The van der Waals surface area contributed by atoms with E-state index < -0.39 is 0 Å². The van der Waals surface area contributed by atoms with E-state index in [2.05, 4.69) is 4.90 Å². The number of β-amino-alcohol motifs (C(OH)–C–C–N with tert-alkyl or cyclic N) is 1. The van der Waals surface area contributed by atoms with Crippen molar-refractivity contribution in [2.75, 3.05) is 13.1 Å². The predicted molar refractivity (Wildman–Crippen MR) is 63.8 cm³/mol. The van der Waals surface area contributed by atoms with Gasteiger partial charge in [0.05, 0.1) is 6.10 Å². The van der Waals surface area contributed by atoms with Crippen LogP contribution in [0.2, 0.25) is 5.02 Å². The molecule has 1 aromatic carbocycles. The number of aliphatic hydroxyl groups is 1. The lowest BCUT2D eigenvalue weighted by Crippen LogP contribution is -2.21. The van der Waals surface area contributed by atoms with Crippen molar-refractivity contribution in [2.24, 2.45) is 0 Å². The molecule has 0 spiro atoms. The molecule has 88 valence electrons. The molecule has 0 amide bonds. The van der Waals surface area contributed by atoms with E-state index in [0.29, 0.717) is 23.9 Å². The Kier molecular flexibility index (Phi) is 3.38. The highest BCUT2D eigenvalue weighted by atomic mass is 35.5. The van der Waals surface area contributed by atoms with Crippen LogP contribution >= 0.6 is 11.6 Å². The van der Waals surface area contributed by atoms with Crippen molar-refractivity contribution in [1.82, 2.24) is 4.90 Å². The molecule has 2 rings (SSSR count). The summed E-state index contributed by atoms with van der Waals surface area (Å²) in [6, 6.07) is 3.54. The number of aromatic hydroxyl groups is 1. The maximum atomic E-state index is 9.90. The van der Waals surface area contributed by atoms with Crippen LogP contribution in [0.5, 0.6) is 5.75 Å². The number of benzene rings is 1. The van der Waals surface area contributed by atoms with Crippen LogP contribution in [0.15, 0.2) is 12.1 Å². The quantitative estimate of drug-likeness (QED) is 0.832. The predicted octanol–water partition coefficient (Wildman–Crippen LogP) is 1.92. The third-order valence-corrected chi connectivity index (χ3v) is 3.20. The van der Waals surface area contributed by atoms with Gasteiger partial charge < -0.3 is 10.2 Å². The van der Waals surface area contributed by atoms with Gasteiger partial charge in [-0.05, 0) is 31.0 Å². The minimum atomic E-state index is -0.234. The first-order valence-corrected chi connectivity index (χ1v) is 5.82. The van der Waals surface area contributed by atoms with Gasteiger partial charge in [-0.3, -0.25) is 4.90 Å². The monoisotopic (exact) mass is 241 g/mol. The highest BCUT2D eigenvalue weighted by Gasteiger charge is 2.21. The van der Waals surface area contributed by atoms with Gasteiger partial charge in [0.1, 0.15) is 5.75 Å². The summed E-state index contributed by atoms with van der Waals surface area (Å²) in [5.74, 6) is 0.311. The van der Waals surface area contributed by atoms with Crippen molar-refractivity contribution in [1.29, 1.82) is 0 Å². The van der Waals surface area contributed by atoms with Gasteiger partial charge in [-0.2, -0.15) is 0 Å². The van der Waals surface area contributed by atoms with Gasteiger partial charge in [-0.1, -0.05) is 11.6 Å². The molecule has 1 fully saturated rings. The number of nitrogens with zero attached hydrogens (tertiary/aromatic N) is 1. The average molecular weight is 242 g/mol. The van der Waals surface area contributed by atoms with Crippen LogP contribution < -0.4 is 0 Å². The number of likely N-dealkylation sites (tertiary alicyclic amines) is 1. The van der Waals surface area contributed by atoms with E-state index in [4.69, 9.17) is 11.6 Å². The molecular weight excluding hydrogens is 226 g/mol. The number of phenolic OH excluding ortho intramolecular Hbond substituents is 1. The molecule has 0 aliphatic carbocycles. The van der Waals surface area contributed by atoms with Crippen LogP contribution in [0.25, 0.3) is 0 Å². The van der Waals surface area contributed by atoms with Gasteiger partial charge in [0.25, 0.3) is 0 Å². The topological polar surface area (TPSA) is 43.7 Å². The van der Waals surface area contributed by atoms with Crippen molar-refractivity contribution in [3.63, 3.8) is 0 Å². The molecule has 2 N–H and O–H groups in total. The molecule has 0 bridgehead atoms. The zero-order valence-corrected chi connectivity index (χ0v) is 10.0. The van der Waals surface area contributed by atoms with Crippen LogP contribution in [0, 0.1) is 6.92 Å². The smallest absolute Gasteiger partial charge is 0.123 e. The highest BCUT2D eigenvalue weighted by Crippen LogP contribution is 2.28. The van der Waals surface area contributed by atoms with Crippen molar-refractivity contribution < 1.29 is 10.2 Å². The van der Waals surface area contributed by atoms with Gasteiger partial charge in [0.2, 0.25) is 0 Å². The number of phenols is 1. The second kappa shape index (κ2) is 4.62. The number of rotatable bonds is 2. The fourth-order valence-corrected chi connectivity index (χ4v) is 2.42. The second-order valence-corrected chi connectivity index (χ2v) is 4.84. The number of hydrogen-bond donors (Lipinski definition) is 2. The van der Waals surface area contributed by atoms with Crippen LogP contribution in [0.3, 0.4) is 0 Å². The molecule has 0 unspecified atom stereocenters. The summed E-state index contributed by atoms with van der Waals surface area (Å²) in [5, 5.41) is 20.0. The van der Waals surface area contributed by atoms with Crippen molar-refractivity contribution in [3.8, 4) is 5.75 Å². The van der Waals surface area contributed by atoms with E-state index in [1.54, 1.807) is 12.1 Å². The molecule has 1 aliphatic heterocycles. The van der Waals surface area contributed by atoms with E-state index in [0.717, 1.165) is 24.1 Å². The fraction of sp³-hybridized carbons (Fsp3) is 0.500. The minimum absolute atomic E-state index is 0.234. The second-order valence-electron chi connectivity index (χ2n) is 4.41. The van der Waals surface area contributed by atoms with E-state index in [9.17, 15) is 10.2 Å². The Morgan fingerprint density at radius 2 is 2.25 bits per heavy atom. The molecule has 1 heterocycles. The number of halogens is 1. The lowest BCUT2D eigenvalue weighted by Gasteiger charge is -2.16. The zero-order valence-electron chi connectivity index (χ0n) is 9.28. The average Bonchev–Trinajstić information content (AvgIpc) is 2.60. The standard InChI is InChI=1S/C12H16ClNO2/c1-8-4-10(13)5-9(12(8)16)6-14-3-2-11(15)7-14/h4-5,11,15-16H,2-3,6-7H2,1H3/t11-/m0/s1. The van der Waals surface area contributed by atoms with Crippen LogP contribution in [-0.2, 0) is 6.54 Å². The maximum absolute atomic E-state index is 9.90. The Morgan fingerprint density at radius 1 is 1.50 bits per heavy atom. The zero-order chi connectivity index (χ0) is 11.7. The summed E-state index contributed by atoms with van der Waals surface area (Å²) in [5.41, 5.74) is 1.63. The van der Waals surface area contributed by atoms with E-state index in [1.807, 2.05) is 6.92 Å². The SMILES string of the molecule is Cc1cc(Cl)cc(CN2CC[C@H](O)C2)c1O. The summed E-state index contributed by atoms with van der Waals surface area (Å²) in [6.07, 6.45) is 0.572. The normalized spacial score (nSPS) is 21.6. The van der Waals surface area contributed by atoms with Crippen molar-refractivity contribution in [2.45, 2.75) is 26.0 Å². The molecule has 1 aromatic rings. The Balaban J connectivity index is 2.15. The van der Waals surface area contributed by atoms with Crippen molar-refractivity contribution in [3.05, 3.63) is 28.3 Å². The minimum Gasteiger partial charge on any atom is -0.507 e. The highest BCUT2D eigenvalue weighted by molar-refractivity contribution is 6.30. The molecule has 1 atom stereocenters. The Hall–Kier alpha value is -0.770. The van der Waals surface area contributed by atoms with E-state index in [-0.39, 0.29) is 6.10 Å². The van der Waals surface area contributed by atoms with Gasteiger partial charge in [-0.15, -0.1) is 0 Å².